The van der Waals surface area contributed by atoms with Crippen molar-refractivity contribution in [2.75, 3.05) is 0 Å². The summed E-state index contributed by atoms with van der Waals surface area (Å²) in [5, 5.41) is -0.289. The molecule has 0 rings (SSSR count). The molecule has 0 unspecified atom stereocenters. The molecule has 0 spiro atoms. The Morgan fingerprint density at radius 1 is 1.50 bits per heavy atom. The van der Waals surface area contributed by atoms with Crippen molar-refractivity contribution >= 4 is 11.6 Å². The van der Waals surface area contributed by atoms with Gasteiger partial charge in [-0.2, -0.15) is 13.2 Å². The molecule has 0 aliphatic heterocycles. The molecule has 0 heterocycles. The minimum absolute atomic E-state index is 0.289. The van der Waals surface area contributed by atoms with Crippen LogP contribution in [0.25, 0.3) is 0 Å². The molecule has 0 N–H and O–H groups in total. The van der Waals surface area contributed by atoms with E-state index in [0.29, 0.717) is 6.08 Å². The minimum atomic E-state index is -4.38. The van der Waals surface area contributed by atoms with E-state index >= 15 is 0 Å². The molecule has 0 saturated heterocycles. The van der Waals surface area contributed by atoms with Crippen LogP contribution in [0.1, 0.15) is 6.92 Å². The van der Waals surface area contributed by atoms with Crippen LogP contribution in [0.2, 0.25) is 0 Å². The van der Waals surface area contributed by atoms with Crippen LogP contribution in [-0.2, 0) is 0 Å². The second-order valence-electron chi connectivity index (χ2n) is 1.65. The fraction of sp³-hybridized carbons (Fsp3) is 0.333. The van der Waals surface area contributed by atoms with Crippen LogP contribution in [-0.4, -0.2) is 6.18 Å². The number of hydrogen-bond donors (Lipinski definition) is 0. The van der Waals surface area contributed by atoms with Crippen molar-refractivity contribution in [3.05, 3.63) is 23.3 Å². The molecule has 0 aliphatic rings. The van der Waals surface area contributed by atoms with Gasteiger partial charge in [0.15, 0.2) is 0 Å². The Labute approximate surface area is 62.0 Å². The monoisotopic (exact) mass is 170 g/mol. The molecule has 0 fully saturated rings. The molecule has 58 valence electrons. The molecule has 0 amide bonds. The van der Waals surface area contributed by atoms with E-state index < -0.39 is 11.7 Å². The molecule has 0 nitrogen and oxygen atoms in total. The maximum Gasteiger partial charge on any atom is 0.417 e. The van der Waals surface area contributed by atoms with Gasteiger partial charge in [-0.3, -0.25) is 0 Å². The largest absolute Gasteiger partial charge is 0.417 e. The summed E-state index contributed by atoms with van der Waals surface area (Å²) in [5.41, 5.74) is -0.880. The maximum absolute atomic E-state index is 11.8. The predicted molar refractivity (Wildman–Crippen MR) is 34.8 cm³/mol. The molecule has 0 aromatic heterocycles. The van der Waals surface area contributed by atoms with E-state index in [1.54, 1.807) is 0 Å². The molecule has 0 aromatic carbocycles. The summed E-state index contributed by atoms with van der Waals surface area (Å²) in [6, 6.07) is 0. The highest BCUT2D eigenvalue weighted by Gasteiger charge is 2.32. The first-order valence-electron chi connectivity index (χ1n) is 2.45. The van der Waals surface area contributed by atoms with Gasteiger partial charge in [-0.25, -0.2) is 0 Å². The third kappa shape index (κ3) is 2.43. The third-order valence-electron chi connectivity index (χ3n) is 0.881. The normalized spacial score (nSPS) is 14.5. The second kappa shape index (κ2) is 3.10. The lowest BCUT2D eigenvalue weighted by atomic mass is 10.2. The van der Waals surface area contributed by atoms with Gasteiger partial charge in [0.2, 0.25) is 0 Å². The SMILES string of the molecule is C=C/C(=C(/C)Cl)C(F)(F)F. The Bertz CT molecular complexity index is 162. The van der Waals surface area contributed by atoms with Crippen molar-refractivity contribution in [1.82, 2.24) is 0 Å². The molecular formula is C6H6ClF3. The highest BCUT2D eigenvalue weighted by atomic mass is 35.5. The number of alkyl halides is 3. The summed E-state index contributed by atoms with van der Waals surface area (Å²) in [6.07, 6.45) is -3.68. The van der Waals surface area contributed by atoms with Crippen LogP contribution in [0.3, 0.4) is 0 Å². The minimum Gasteiger partial charge on any atom is -0.166 e. The average molecular weight is 171 g/mol. The number of rotatable bonds is 1. The first-order chi connectivity index (χ1) is 4.39. The summed E-state index contributed by atoms with van der Waals surface area (Å²) >= 11 is 5.12. The van der Waals surface area contributed by atoms with Crippen molar-refractivity contribution in [2.24, 2.45) is 0 Å². The Balaban J connectivity index is 4.71. The molecule has 0 radical (unpaired) electrons. The first kappa shape index (κ1) is 9.56. The fourth-order valence-corrected chi connectivity index (χ4v) is 0.636. The van der Waals surface area contributed by atoms with Crippen LogP contribution < -0.4 is 0 Å². The van der Waals surface area contributed by atoms with Crippen molar-refractivity contribution in [2.45, 2.75) is 13.1 Å². The van der Waals surface area contributed by atoms with Gasteiger partial charge in [-0.05, 0) is 6.92 Å². The van der Waals surface area contributed by atoms with E-state index in [-0.39, 0.29) is 5.03 Å². The van der Waals surface area contributed by atoms with Crippen molar-refractivity contribution in [3.63, 3.8) is 0 Å². The first-order valence-corrected chi connectivity index (χ1v) is 2.83. The molecular weight excluding hydrogens is 165 g/mol. The molecule has 0 bridgehead atoms. The standard InChI is InChI=1S/C6H6ClF3/c1-3-5(4(2)7)6(8,9)10/h3H,1H2,2H3/b5-4+. The van der Waals surface area contributed by atoms with Gasteiger partial charge in [0.25, 0.3) is 0 Å². The van der Waals surface area contributed by atoms with Crippen LogP contribution in [0.5, 0.6) is 0 Å². The zero-order valence-corrected chi connectivity index (χ0v) is 6.05. The Morgan fingerprint density at radius 3 is 1.90 bits per heavy atom. The summed E-state index contributed by atoms with van der Waals surface area (Å²) < 4.78 is 35.3. The van der Waals surface area contributed by atoms with E-state index in [0.717, 1.165) is 0 Å². The molecule has 0 saturated carbocycles. The van der Waals surface area contributed by atoms with Crippen LogP contribution >= 0.6 is 11.6 Å². The van der Waals surface area contributed by atoms with Gasteiger partial charge in [-0.1, -0.05) is 24.3 Å². The maximum atomic E-state index is 11.8. The summed E-state index contributed by atoms with van der Waals surface area (Å²) in [4.78, 5) is 0. The van der Waals surface area contributed by atoms with E-state index in [1.807, 2.05) is 0 Å². The molecule has 0 aromatic rings. The third-order valence-corrected chi connectivity index (χ3v) is 1.08. The Hall–Kier alpha value is -0.440. The summed E-state index contributed by atoms with van der Waals surface area (Å²) in [6.45, 7) is 4.16. The quantitative estimate of drug-likeness (QED) is 0.530. The Kier molecular flexibility index (Phi) is 2.96. The molecule has 0 atom stereocenters. The summed E-state index contributed by atoms with van der Waals surface area (Å²) in [5.74, 6) is 0. The van der Waals surface area contributed by atoms with E-state index in [4.69, 9.17) is 11.6 Å². The van der Waals surface area contributed by atoms with Crippen molar-refractivity contribution < 1.29 is 13.2 Å². The lowest BCUT2D eigenvalue weighted by molar-refractivity contribution is -0.0885. The lowest BCUT2D eigenvalue weighted by Gasteiger charge is -2.06. The predicted octanol–water partition coefficient (Wildman–Crippen LogP) is 3.25. The molecule has 0 aliphatic carbocycles. The van der Waals surface area contributed by atoms with Crippen molar-refractivity contribution in [1.29, 1.82) is 0 Å². The van der Waals surface area contributed by atoms with Gasteiger partial charge in [-0.15, -0.1) is 0 Å². The van der Waals surface area contributed by atoms with Crippen LogP contribution in [0, 0.1) is 0 Å². The smallest absolute Gasteiger partial charge is 0.166 e. The zero-order valence-electron chi connectivity index (χ0n) is 5.30. The van der Waals surface area contributed by atoms with Gasteiger partial charge in [0.05, 0.1) is 5.57 Å². The highest BCUT2D eigenvalue weighted by Crippen LogP contribution is 2.29. The topological polar surface area (TPSA) is 0 Å². The fourth-order valence-electron chi connectivity index (χ4n) is 0.452. The van der Waals surface area contributed by atoms with Crippen LogP contribution in [0.15, 0.2) is 23.3 Å². The van der Waals surface area contributed by atoms with Gasteiger partial charge in [0, 0.05) is 5.03 Å². The number of allylic oxidation sites excluding steroid dienone is 3. The second-order valence-corrected chi connectivity index (χ2v) is 2.22. The molecule has 10 heavy (non-hydrogen) atoms. The summed E-state index contributed by atoms with van der Waals surface area (Å²) in [7, 11) is 0. The lowest BCUT2D eigenvalue weighted by Crippen LogP contribution is -2.10. The van der Waals surface area contributed by atoms with Crippen LogP contribution in [0.4, 0.5) is 13.2 Å². The van der Waals surface area contributed by atoms with Gasteiger partial charge < -0.3 is 0 Å². The highest BCUT2D eigenvalue weighted by molar-refractivity contribution is 6.29. The zero-order chi connectivity index (χ0) is 8.36. The number of halogens is 4. The van der Waals surface area contributed by atoms with Gasteiger partial charge >= 0.3 is 6.18 Å². The average Bonchev–Trinajstić information content (AvgIpc) is 1.60. The van der Waals surface area contributed by atoms with E-state index in [1.165, 1.54) is 6.92 Å². The van der Waals surface area contributed by atoms with E-state index in [2.05, 4.69) is 6.58 Å². The van der Waals surface area contributed by atoms with Gasteiger partial charge in [0.1, 0.15) is 0 Å². The van der Waals surface area contributed by atoms with Crippen molar-refractivity contribution in [3.8, 4) is 0 Å². The molecule has 4 heteroatoms. The number of hydrogen-bond acceptors (Lipinski definition) is 0. The van der Waals surface area contributed by atoms with E-state index in [9.17, 15) is 13.2 Å². The Morgan fingerprint density at radius 2 is 1.90 bits per heavy atom.